The van der Waals surface area contributed by atoms with Gasteiger partial charge in [-0.1, -0.05) is 0 Å². The Morgan fingerprint density at radius 3 is 2.38 bits per heavy atom. The van der Waals surface area contributed by atoms with Crippen LogP contribution in [-0.4, -0.2) is 68.1 Å². The molecule has 2 aliphatic heterocycles. The summed E-state index contributed by atoms with van der Waals surface area (Å²) in [6.07, 6.45) is 1.63. The van der Waals surface area contributed by atoms with Gasteiger partial charge >= 0.3 is 12.2 Å². The number of hydrogen-bond donors (Lipinski definition) is 1. The van der Waals surface area contributed by atoms with Gasteiger partial charge in [0.05, 0.1) is 22.8 Å². The number of fused-ring (bicyclic) bond motifs is 3. The van der Waals surface area contributed by atoms with Crippen molar-refractivity contribution in [2.45, 2.75) is 71.2 Å². The number of rotatable bonds is 2. The van der Waals surface area contributed by atoms with Crippen LogP contribution in [0, 0.1) is 0 Å². The quantitative estimate of drug-likeness (QED) is 0.652. The van der Waals surface area contributed by atoms with Crippen molar-refractivity contribution in [3.63, 3.8) is 0 Å². The molecule has 2 aromatic rings. The summed E-state index contributed by atoms with van der Waals surface area (Å²) in [4.78, 5) is 33.7. The van der Waals surface area contributed by atoms with Gasteiger partial charge in [-0.15, -0.1) is 0 Å². The Labute approximate surface area is 195 Å². The predicted octanol–water partition coefficient (Wildman–Crippen LogP) is 4.04. The van der Waals surface area contributed by atoms with Crippen molar-refractivity contribution < 1.29 is 19.1 Å². The standard InChI is InChI=1S/C21H29BrN6O4/c1-20(2,3)31-18(29)25-16-8-15(24-17-14(22)9-23-28(16)17)26-10-13-7-12(26)11-27(13)19(30)32-21(4,5)6/h8-9,12-13H,7,10-11H2,1-6H3,(H,25,29)/t12-,13+/m1/s1. The van der Waals surface area contributed by atoms with Crippen molar-refractivity contribution >= 4 is 45.4 Å². The molecule has 174 valence electrons. The fourth-order valence-corrected chi connectivity index (χ4v) is 4.41. The number of anilines is 2. The Hall–Kier alpha value is -2.56. The lowest BCUT2D eigenvalue weighted by molar-refractivity contribution is 0.0214. The lowest BCUT2D eigenvalue weighted by Crippen LogP contribution is -2.50. The van der Waals surface area contributed by atoms with Crippen molar-refractivity contribution in [1.29, 1.82) is 0 Å². The van der Waals surface area contributed by atoms with Crippen LogP contribution in [0.2, 0.25) is 0 Å². The highest BCUT2D eigenvalue weighted by Gasteiger charge is 2.47. The first-order chi connectivity index (χ1) is 14.8. The molecular weight excluding hydrogens is 480 g/mol. The molecule has 1 N–H and O–H groups in total. The van der Waals surface area contributed by atoms with Gasteiger partial charge in [-0.25, -0.2) is 14.6 Å². The predicted molar refractivity (Wildman–Crippen MR) is 123 cm³/mol. The molecule has 4 rings (SSSR count). The minimum absolute atomic E-state index is 0.0588. The Morgan fingerprint density at radius 2 is 1.78 bits per heavy atom. The number of likely N-dealkylation sites (tertiary alicyclic amines) is 1. The number of nitrogens with one attached hydrogen (secondary N) is 1. The number of ether oxygens (including phenoxy) is 2. The second kappa shape index (κ2) is 7.79. The molecule has 2 bridgehead atoms. The fraction of sp³-hybridized carbons (Fsp3) is 0.619. The third-order valence-electron chi connectivity index (χ3n) is 5.21. The maximum absolute atomic E-state index is 12.6. The summed E-state index contributed by atoms with van der Waals surface area (Å²) in [5.74, 6) is 1.16. The number of carbonyl (C=O) groups excluding carboxylic acids is 2. The largest absolute Gasteiger partial charge is 0.444 e. The highest BCUT2D eigenvalue weighted by atomic mass is 79.9. The molecule has 2 atom stereocenters. The first-order valence-corrected chi connectivity index (χ1v) is 11.4. The molecule has 2 aromatic heterocycles. The van der Waals surface area contributed by atoms with Gasteiger partial charge in [0, 0.05) is 19.2 Å². The van der Waals surface area contributed by atoms with Gasteiger partial charge in [-0.05, 0) is 63.9 Å². The minimum Gasteiger partial charge on any atom is -0.444 e. The van der Waals surface area contributed by atoms with Gasteiger partial charge in [-0.3, -0.25) is 5.32 Å². The summed E-state index contributed by atoms with van der Waals surface area (Å²) in [6.45, 7) is 12.2. The molecule has 2 fully saturated rings. The molecule has 2 aliphatic rings. The maximum atomic E-state index is 12.6. The van der Waals surface area contributed by atoms with E-state index in [9.17, 15) is 9.59 Å². The third-order valence-corrected chi connectivity index (χ3v) is 5.77. The highest BCUT2D eigenvalue weighted by Crippen LogP contribution is 2.36. The topological polar surface area (TPSA) is 101 Å². The van der Waals surface area contributed by atoms with E-state index in [0.29, 0.717) is 34.8 Å². The van der Waals surface area contributed by atoms with E-state index < -0.39 is 17.3 Å². The Balaban J connectivity index is 1.57. The third kappa shape index (κ3) is 4.62. The van der Waals surface area contributed by atoms with Gasteiger partial charge in [0.2, 0.25) is 0 Å². The first kappa shape index (κ1) is 22.6. The normalized spacial score (nSPS) is 20.7. The molecule has 0 unspecified atom stereocenters. The second-order valence-corrected chi connectivity index (χ2v) is 11.0. The Kier molecular flexibility index (Phi) is 5.51. The summed E-state index contributed by atoms with van der Waals surface area (Å²) in [7, 11) is 0. The summed E-state index contributed by atoms with van der Waals surface area (Å²) in [5.41, 5.74) is -0.564. The van der Waals surface area contributed by atoms with E-state index in [1.54, 1.807) is 21.7 Å². The number of piperazine rings is 1. The zero-order chi connectivity index (χ0) is 23.4. The molecule has 0 radical (unpaired) electrons. The lowest BCUT2D eigenvalue weighted by Gasteiger charge is -2.35. The molecule has 32 heavy (non-hydrogen) atoms. The van der Waals surface area contributed by atoms with Crippen LogP contribution in [0.5, 0.6) is 0 Å². The summed E-state index contributed by atoms with van der Waals surface area (Å²) >= 11 is 3.48. The van der Waals surface area contributed by atoms with E-state index in [-0.39, 0.29) is 18.2 Å². The molecule has 0 saturated carbocycles. The molecule has 0 spiro atoms. The van der Waals surface area contributed by atoms with Gasteiger partial charge in [0.15, 0.2) is 5.65 Å². The van der Waals surface area contributed by atoms with Gasteiger partial charge in [0.25, 0.3) is 0 Å². The van der Waals surface area contributed by atoms with Crippen molar-refractivity contribution in [3.05, 3.63) is 16.7 Å². The minimum atomic E-state index is -0.622. The van der Waals surface area contributed by atoms with Crippen LogP contribution in [0.15, 0.2) is 16.7 Å². The zero-order valence-corrected chi connectivity index (χ0v) is 20.8. The van der Waals surface area contributed by atoms with Crippen molar-refractivity contribution in [2.24, 2.45) is 0 Å². The number of aromatic nitrogens is 3. The summed E-state index contributed by atoms with van der Waals surface area (Å²) < 4.78 is 13.2. The van der Waals surface area contributed by atoms with Crippen LogP contribution in [0.1, 0.15) is 48.0 Å². The monoisotopic (exact) mass is 508 g/mol. The molecule has 2 saturated heterocycles. The van der Waals surface area contributed by atoms with E-state index >= 15 is 0 Å². The van der Waals surface area contributed by atoms with Crippen molar-refractivity contribution in [2.75, 3.05) is 23.3 Å². The lowest BCUT2D eigenvalue weighted by atomic mass is 10.2. The van der Waals surface area contributed by atoms with Gasteiger partial charge in [0.1, 0.15) is 22.8 Å². The average Bonchev–Trinajstić information content (AvgIpc) is 3.33. The van der Waals surface area contributed by atoms with E-state index in [1.807, 2.05) is 41.5 Å². The maximum Gasteiger partial charge on any atom is 0.413 e. The molecule has 0 aliphatic carbocycles. The summed E-state index contributed by atoms with van der Waals surface area (Å²) in [5, 5.41) is 7.08. The van der Waals surface area contributed by atoms with Crippen LogP contribution in [-0.2, 0) is 9.47 Å². The molecule has 2 amide bonds. The van der Waals surface area contributed by atoms with Crippen molar-refractivity contribution in [1.82, 2.24) is 19.5 Å². The Bertz CT molecular complexity index is 1060. The van der Waals surface area contributed by atoms with Crippen LogP contribution in [0.3, 0.4) is 0 Å². The number of amides is 2. The SMILES string of the molecule is CC(C)(C)OC(=O)Nc1cc(N2C[C@@H]3C[C@@H]2CN3C(=O)OC(C)(C)C)nc2c(Br)cnn12. The fourth-order valence-electron chi connectivity index (χ4n) is 4.06. The Morgan fingerprint density at radius 1 is 1.09 bits per heavy atom. The van der Waals surface area contributed by atoms with Gasteiger partial charge < -0.3 is 19.3 Å². The van der Waals surface area contributed by atoms with E-state index in [2.05, 4.69) is 31.2 Å². The number of halogens is 1. The molecule has 11 heteroatoms. The highest BCUT2D eigenvalue weighted by molar-refractivity contribution is 9.10. The van der Waals surface area contributed by atoms with Crippen molar-refractivity contribution in [3.8, 4) is 0 Å². The number of carbonyl (C=O) groups is 2. The van der Waals surface area contributed by atoms with Crippen LogP contribution < -0.4 is 10.2 Å². The molecule has 10 nitrogen and oxygen atoms in total. The summed E-state index contributed by atoms with van der Waals surface area (Å²) in [6, 6.07) is 1.97. The van der Waals surface area contributed by atoms with Gasteiger partial charge in [-0.2, -0.15) is 9.61 Å². The van der Waals surface area contributed by atoms with E-state index in [4.69, 9.17) is 14.5 Å². The second-order valence-electron chi connectivity index (χ2n) is 10.2. The number of nitrogens with zero attached hydrogens (tertiary/aromatic N) is 5. The van der Waals surface area contributed by atoms with Crippen LogP contribution in [0.25, 0.3) is 5.65 Å². The first-order valence-electron chi connectivity index (χ1n) is 10.6. The van der Waals surface area contributed by atoms with E-state index in [0.717, 1.165) is 6.42 Å². The van der Waals surface area contributed by atoms with E-state index in [1.165, 1.54) is 0 Å². The molecular formula is C21H29BrN6O4. The molecule has 0 aromatic carbocycles. The van der Waals surface area contributed by atoms with Crippen LogP contribution in [0.4, 0.5) is 21.2 Å². The smallest absolute Gasteiger partial charge is 0.413 e. The average molecular weight is 509 g/mol. The number of hydrogen-bond acceptors (Lipinski definition) is 7. The zero-order valence-electron chi connectivity index (χ0n) is 19.2. The van der Waals surface area contributed by atoms with Crippen LogP contribution >= 0.6 is 15.9 Å². The molecule has 4 heterocycles.